The molecule has 3 rings (SSSR count). The molecule has 0 unspecified atom stereocenters. The number of benzene rings is 2. The number of anilines is 1. The highest BCUT2D eigenvalue weighted by molar-refractivity contribution is 7.89. The van der Waals surface area contributed by atoms with Gasteiger partial charge in [0.15, 0.2) is 0 Å². The van der Waals surface area contributed by atoms with Crippen LogP contribution in [0, 0.1) is 12.8 Å². The SMILES string of the molecule is Cc1ccc(Cl)cc1NC(=O)C1CCN(S(=O)(=O)c2cccc(C(F)(F)F)c2)CC1. The van der Waals surface area contributed by atoms with Crippen molar-refractivity contribution in [3.05, 3.63) is 58.6 Å². The van der Waals surface area contributed by atoms with Crippen LogP contribution in [0.15, 0.2) is 47.4 Å². The molecule has 0 atom stereocenters. The lowest BCUT2D eigenvalue weighted by atomic mass is 9.97. The molecule has 1 amide bonds. The zero-order valence-corrected chi connectivity index (χ0v) is 17.6. The molecular formula is C20H20ClF3N2O3S. The van der Waals surface area contributed by atoms with E-state index in [1.165, 1.54) is 0 Å². The highest BCUT2D eigenvalue weighted by Gasteiger charge is 2.35. The van der Waals surface area contributed by atoms with Crippen LogP contribution < -0.4 is 5.32 Å². The third-order valence-corrected chi connectivity index (χ3v) is 7.21. The maximum Gasteiger partial charge on any atom is 0.416 e. The van der Waals surface area contributed by atoms with Gasteiger partial charge >= 0.3 is 6.18 Å². The van der Waals surface area contributed by atoms with E-state index >= 15 is 0 Å². The van der Waals surface area contributed by atoms with E-state index in [-0.39, 0.29) is 31.8 Å². The molecule has 0 saturated carbocycles. The van der Waals surface area contributed by atoms with E-state index in [1.807, 2.05) is 6.92 Å². The Morgan fingerprint density at radius 3 is 2.43 bits per heavy atom. The second-order valence-corrected chi connectivity index (χ2v) is 9.53. The van der Waals surface area contributed by atoms with E-state index in [1.54, 1.807) is 18.2 Å². The molecule has 1 N–H and O–H groups in total. The van der Waals surface area contributed by atoms with Crippen molar-refractivity contribution >= 4 is 33.2 Å². The number of alkyl halides is 3. The predicted molar refractivity (Wildman–Crippen MR) is 108 cm³/mol. The number of carbonyl (C=O) groups is 1. The fraction of sp³-hybridized carbons (Fsp3) is 0.350. The monoisotopic (exact) mass is 460 g/mol. The lowest BCUT2D eigenvalue weighted by molar-refractivity contribution is -0.137. The minimum Gasteiger partial charge on any atom is -0.326 e. The molecule has 0 radical (unpaired) electrons. The number of amides is 1. The maximum atomic E-state index is 12.9. The van der Waals surface area contributed by atoms with Crippen LogP contribution in [0.5, 0.6) is 0 Å². The Bertz CT molecular complexity index is 1050. The molecule has 30 heavy (non-hydrogen) atoms. The molecule has 2 aromatic carbocycles. The van der Waals surface area contributed by atoms with Crippen LogP contribution in [0.3, 0.4) is 0 Å². The Kier molecular flexibility index (Phi) is 6.45. The molecule has 10 heteroatoms. The van der Waals surface area contributed by atoms with Gasteiger partial charge in [0, 0.05) is 29.7 Å². The number of hydrogen-bond donors (Lipinski definition) is 1. The predicted octanol–water partition coefficient (Wildman–Crippen LogP) is 4.71. The average Bonchev–Trinajstić information content (AvgIpc) is 2.70. The number of sulfonamides is 1. The van der Waals surface area contributed by atoms with E-state index < -0.39 is 32.6 Å². The maximum absolute atomic E-state index is 12.9. The van der Waals surface area contributed by atoms with Crippen LogP contribution >= 0.6 is 11.6 Å². The van der Waals surface area contributed by atoms with Crippen LogP contribution in [0.25, 0.3) is 0 Å². The molecule has 162 valence electrons. The summed E-state index contributed by atoms with van der Waals surface area (Å²) in [5.74, 6) is -0.646. The molecule has 1 aliphatic heterocycles. The van der Waals surface area contributed by atoms with E-state index in [0.29, 0.717) is 16.8 Å². The topological polar surface area (TPSA) is 66.5 Å². The van der Waals surface area contributed by atoms with E-state index in [9.17, 15) is 26.4 Å². The van der Waals surface area contributed by atoms with Crippen LogP contribution in [0.2, 0.25) is 5.02 Å². The van der Waals surface area contributed by atoms with Crippen LogP contribution in [-0.2, 0) is 21.0 Å². The first kappa shape index (κ1) is 22.6. The molecule has 1 fully saturated rings. The van der Waals surface area contributed by atoms with Gasteiger partial charge in [0.2, 0.25) is 15.9 Å². The van der Waals surface area contributed by atoms with Crippen molar-refractivity contribution in [2.75, 3.05) is 18.4 Å². The summed E-state index contributed by atoms with van der Waals surface area (Å²) in [6.45, 7) is 1.92. The number of piperidine rings is 1. The van der Waals surface area contributed by atoms with Crippen molar-refractivity contribution < 1.29 is 26.4 Å². The zero-order chi connectivity index (χ0) is 22.1. The summed E-state index contributed by atoms with van der Waals surface area (Å²) in [6, 6.07) is 8.81. The largest absolute Gasteiger partial charge is 0.416 e. The number of rotatable bonds is 4. The normalized spacial score (nSPS) is 16.4. The molecule has 0 bridgehead atoms. The lowest BCUT2D eigenvalue weighted by Gasteiger charge is -2.30. The van der Waals surface area contributed by atoms with Crippen LogP contribution in [0.4, 0.5) is 18.9 Å². The van der Waals surface area contributed by atoms with Crippen LogP contribution in [-0.4, -0.2) is 31.7 Å². The molecule has 0 aromatic heterocycles. The van der Waals surface area contributed by atoms with Crippen molar-refractivity contribution in [3.63, 3.8) is 0 Å². The van der Waals surface area contributed by atoms with Gasteiger partial charge in [-0.1, -0.05) is 23.7 Å². The molecule has 5 nitrogen and oxygen atoms in total. The number of carbonyl (C=O) groups excluding carboxylic acids is 1. The summed E-state index contributed by atoms with van der Waals surface area (Å²) >= 11 is 5.96. The Balaban J connectivity index is 1.67. The highest BCUT2D eigenvalue weighted by Crippen LogP contribution is 2.32. The Morgan fingerprint density at radius 2 is 1.80 bits per heavy atom. The standard InChI is InChI=1S/C20H20ClF3N2O3S/c1-13-5-6-16(21)12-18(13)25-19(27)14-7-9-26(10-8-14)30(28,29)17-4-2-3-15(11-17)20(22,23)24/h2-6,11-12,14H,7-10H2,1H3,(H,25,27). The van der Waals surface area contributed by atoms with Gasteiger partial charge in [-0.2, -0.15) is 17.5 Å². The molecule has 1 heterocycles. The summed E-state index contributed by atoms with van der Waals surface area (Å²) in [5, 5.41) is 3.30. The fourth-order valence-corrected chi connectivity index (χ4v) is 4.99. The molecule has 0 aliphatic carbocycles. The third-order valence-electron chi connectivity index (χ3n) is 5.08. The number of nitrogens with one attached hydrogen (secondary N) is 1. The Hall–Kier alpha value is -2.10. The van der Waals surface area contributed by atoms with Crippen molar-refractivity contribution in [3.8, 4) is 0 Å². The van der Waals surface area contributed by atoms with Crippen molar-refractivity contribution in [2.24, 2.45) is 5.92 Å². The van der Waals surface area contributed by atoms with Gasteiger partial charge in [-0.3, -0.25) is 4.79 Å². The minimum absolute atomic E-state index is 0.0468. The lowest BCUT2D eigenvalue weighted by Crippen LogP contribution is -2.41. The summed E-state index contributed by atoms with van der Waals surface area (Å²) < 4.78 is 65.4. The van der Waals surface area contributed by atoms with E-state index in [2.05, 4.69) is 5.32 Å². The Labute approximate surface area is 177 Å². The van der Waals surface area contributed by atoms with Gasteiger partial charge in [-0.05, 0) is 55.7 Å². The number of aryl methyl sites for hydroxylation is 1. The van der Waals surface area contributed by atoms with Gasteiger partial charge < -0.3 is 5.32 Å². The first-order valence-corrected chi connectivity index (χ1v) is 11.0. The van der Waals surface area contributed by atoms with E-state index in [4.69, 9.17) is 11.6 Å². The quantitative estimate of drug-likeness (QED) is 0.718. The third kappa shape index (κ3) is 4.96. The zero-order valence-electron chi connectivity index (χ0n) is 16.0. The second-order valence-electron chi connectivity index (χ2n) is 7.15. The first-order chi connectivity index (χ1) is 14.0. The van der Waals surface area contributed by atoms with Gasteiger partial charge in [0.1, 0.15) is 0 Å². The Morgan fingerprint density at radius 1 is 1.13 bits per heavy atom. The van der Waals surface area contributed by atoms with E-state index in [0.717, 1.165) is 28.1 Å². The summed E-state index contributed by atoms with van der Waals surface area (Å²) in [4.78, 5) is 12.2. The first-order valence-electron chi connectivity index (χ1n) is 9.23. The van der Waals surface area contributed by atoms with Gasteiger partial charge in [-0.25, -0.2) is 8.42 Å². The number of hydrogen-bond acceptors (Lipinski definition) is 3. The smallest absolute Gasteiger partial charge is 0.326 e. The van der Waals surface area contributed by atoms with Crippen molar-refractivity contribution in [1.82, 2.24) is 4.31 Å². The number of nitrogens with zero attached hydrogens (tertiary/aromatic N) is 1. The molecular weight excluding hydrogens is 441 g/mol. The highest BCUT2D eigenvalue weighted by atomic mass is 35.5. The fourth-order valence-electron chi connectivity index (χ4n) is 3.30. The van der Waals surface area contributed by atoms with Crippen molar-refractivity contribution in [1.29, 1.82) is 0 Å². The van der Waals surface area contributed by atoms with Crippen molar-refractivity contribution in [2.45, 2.75) is 30.8 Å². The summed E-state index contributed by atoms with van der Waals surface area (Å²) in [5.41, 5.74) is 0.415. The molecule has 2 aromatic rings. The molecule has 0 spiro atoms. The molecule has 1 aliphatic rings. The average molecular weight is 461 g/mol. The van der Waals surface area contributed by atoms with Gasteiger partial charge in [0.25, 0.3) is 0 Å². The molecule has 1 saturated heterocycles. The van der Waals surface area contributed by atoms with Gasteiger partial charge in [-0.15, -0.1) is 0 Å². The minimum atomic E-state index is -4.63. The summed E-state index contributed by atoms with van der Waals surface area (Å²) in [7, 11) is -4.08. The second kappa shape index (κ2) is 8.56. The summed E-state index contributed by atoms with van der Waals surface area (Å²) in [6.07, 6.45) is -4.09. The van der Waals surface area contributed by atoms with Gasteiger partial charge in [0.05, 0.1) is 10.5 Å². The number of halogens is 4. The van der Waals surface area contributed by atoms with Crippen LogP contribution in [0.1, 0.15) is 24.0 Å².